The zero-order valence-corrected chi connectivity index (χ0v) is 15.9. The van der Waals surface area contributed by atoms with Gasteiger partial charge >= 0.3 is 0 Å². The maximum Gasteiger partial charge on any atom is 0.265 e. The molecule has 2 aromatic rings. The molecular weight excluding hydrogens is 354 g/mol. The monoisotopic (exact) mass is 377 g/mol. The second-order valence-corrected chi connectivity index (χ2v) is 8.16. The molecular formula is C17H23N5O3S. The zero-order chi connectivity index (χ0) is 18.9. The fourth-order valence-electron chi connectivity index (χ4n) is 3.02. The summed E-state index contributed by atoms with van der Waals surface area (Å²) in [6, 6.07) is 6.50. The molecule has 0 aliphatic carbocycles. The van der Waals surface area contributed by atoms with Crippen LogP contribution in [0, 0.1) is 13.8 Å². The van der Waals surface area contributed by atoms with Gasteiger partial charge in [-0.1, -0.05) is 0 Å². The molecule has 9 heteroatoms. The highest BCUT2D eigenvalue weighted by Crippen LogP contribution is 2.21. The van der Waals surface area contributed by atoms with Crippen LogP contribution in [-0.2, 0) is 10.0 Å². The lowest BCUT2D eigenvalue weighted by Crippen LogP contribution is -2.47. The predicted octanol–water partition coefficient (Wildman–Crippen LogP) is 1.21. The summed E-state index contributed by atoms with van der Waals surface area (Å²) in [7, 11) is -1.70. The molecule has 2 heterocycles. The number of nitrogens with zero attached hydrogens (tertiary/aromatic N) is 3. The molecule has 1 aromatic carbocycles. The quantitative estimate of drug-likeness (QED) is 0.835. The summed E-state index contributed by atoms with van der Waals surface area (Å²) in [5.41, 5.74) is 1.85. The fourth-order valence-corrected chi connectivity index (χ4v) is 4.45. The maximum absolute atomic E-state index is 12.6. The van der Waals surface area contributed by atoms with Gasteiger partial charge in [-0.15, -0.1) is 0 Å². The normalized spacial score (nSPS) is 15.9. The lowest BCUT2D eigenvalue weighted by atomic mass is 10.1. The van der Waals surface area contributed by atoms with Gasteiger partial charge in [0, 0.05) is 37.4 Å². The third-order valence-corrected chi connectivity index (χ3v) is 6.15. The number of aromatic amines is 1. The zero-order valence-electron chi connectivity index (χ0n) is 15.1. The number of hydrogen-bond acceptors (Lipinski definition) is 5. The molecule has 140 valence electrons. The third kappa shape index (κ3) is 3.73. The van der Waals surface area contributed by atoms with Crippen molar-refractivity contribution in [3.05, 3.63) is 41.2 Å². The average molecular weight is 377 g/mol. The number of likely N-dealkylation sites (N-methyl/N-ethyl adjacent to an activating group) is 1. The van der Waals surface area contributed by atoms with Crippen molar-refractivity contribution in [2.45, 2.75) is 18.7 Å². The van der Waals surface area contributed by atoms with Gasteiger partial charge in [0.15, 0.2) is 0 Å². The summed E-state index contributed by atoms with van der Waals surface area (Å²) < 4.78 is 27.6. The summed E-state index contributed by atoms with van der Waals surface area (Å²) in [6.07, 6.45) is 0. The lowest BCUT2D eigenvalue weighted by Gasteiger charge is -2.32. The van der Waals surface area contributed by atoms with E-state index < -0.39 is 10.0 Å². The SMILES string of the molecule is Cc1n[nH]c(C)c1S(=O)(=O)Nc1ccc(C(=O)N2CCN(C)CC2)cc1. The van der Waals surface area contributed by atoms with Crippen molar-refractivity contribution in [1.82, 2.24) is 20.0 Å². The molecule has 1 saturated heterocycles. The summed E-state index contributed by atoms with van der Waals surface area (Å²) in [6.45, 7) is 6.40. The van der Waals surface area contributed by atoms with Crippen molar-refractivity contribution in [2.75, 3.05) is 37.9 Å². The van der Waals surface area contributed by atoms with Gasteiger partial charge in [-0.05, 0) is 45.2 Å². The molecule has 8 nitrogen and oxygen atoms in total. The molecule has 0 atom stereocenters. The van der Waals surface area contributed by atoms with Gasteiger partial charge in [0.2, 0.25) is 0 Å². The number of rotatable bonds is 4. The molecule has 1 aromatic heterocycles. The minimum atomic E-state index is -3.74. The first-order chi connectivity index (χ1) is 12.3. The van der Waals surface area contributed by atoms with Crippen molar-refractivity contribution in [3.8, 4) is 0 Å². The van der Waals surface area contributed by atoms with Crippen LogP contribution in [0.5, 0.6) is 0 Å². The van der Waals surface area contributed by atoms with Crippen LogP contribution in [0.25, 0.3) is 0 Å². The second kappa shape index (κ2) is 7.08. The molecule has 0 radical (unpaired) electrons. The number of sulfonamides is 1. The van der Waals surface area contributed by atoms with Crippen molar-refractivity contribution >= 4 is 21.6 Å². The van der Waals surface area contributed by atoms with Crippen LogP contribution in [0.1, 0.15) is 21.7 Å². The Balaban J connectivity index is 1.73. The minimum absolute atomic E-state index is 0.0333. The first kappa shape index (κ1) is 18.4. The van der Waals surface area contributed by atoms with E-state index in [1.165, 1.54) is 0 Å². The van der Waals surface area contributed by atoms with Gasteiger partial charge < -0.3 is 9.80 Å². The molecule has 1 fully saturated rings. The summed E-state index contributed by atoms with van der Waals surface area (Å²) in [5, 5.41) is 6.59. The number of hydrogen-bond donors (Lipinski definition) is 2. The molecule has 1 aliphatic rings. The number of carbonyl (C=O) groups excluding carboxylic acids is 1. The molecule has 0 spiro atoms. The van der Waals surface area contributed by atoms with E-state index in [9.17, 15) is 13.2 Å². The number of H-pyrrole nitrogens is 1. The molecule has 3 rings (SSSR count). The van der Waals surface area contributed by atoms with E-state index in [0.29, 0.717) is 35.7 Å². The number of aryl methyl sites for hydroxylation is 2. The lowest BCUT2D eigenvalue weighted by molar-refractivity contribution is 0.0664. The Hall–Kier alpha value is -2.39. The highest BCUT2D eigenvalue weighted by molar-refractivity contribution is 7.92. The first-order valence-electron chi connectivity index (χ1n) is 8.40. The number of benzene rings is 1. The minimum Gasteiger partial charge on any atom is -0.336 e. The molecule has 1 aliphatic heterocycles. The van der Waals surface area contributed by atoms with Crippen molar-refractivity contribution in [2.24, 2.45) is 0 Å². The number of piperazine rings is 1. The number of carbonyl (C=O) groups is 1. The average Bonchev–Trinajstić information content (AvgIpc) is 2.95. The van der Waals surface area contributed by atoms with Gasteiger partial charge in [0.25, 0.3) is 15.9 Å². The summed E-state index contributed by atoms with van der Waals surface area (Å²) in [4.78, 5) is 16.7. The highest BCUT2D eigenvalue weighted by atomic mass is 32.2. The van der Waals surface area contributed by atoms with Gasteiger partial charge in [-0.3, -0.25) is 14.6 Å². The van der Waals surface area contributed by atoms with Crippen molar-refractivity contribution in [1.29, 1.82) is 0 Å². The van der Waals surface area contributed by atoms with Crippen molar-refractivity contribution in [3.63, 3.8) is 0 Å². The largest absolute Gasteiger partial charge is 0.336 e. The second-order valence-electron chi connectivity index (χ2n) is 6.54. The van der Waals surface area contributed by atoms with Gasteiger partial charge in [0.05, 0.1) is 11.4 Å². The Morgan fingerprint density at radius 2 is 1.73 bits per heavy atom. The molecule has 26 heavy (non-hydrogen) atoms. The van der Waals surface area contributed by atoms with Crippen molar-refractivity contribution < 1.29 is 13.2 Å². The van der Waals surface area contributed by atoms with E-state index in [-0.39, 0.29) is 10.8 Å². The predicted molar refractivity (Wildman–Crippen MR) is 98.7 cm³/mol. The van der Waals surface area contributed by atoms with E-state index in [1.54, 1.807) is 38.1 Å². The van der Waals surface area contributed by atoms with Gasteiger partial charge in [-0.25, -0.2) is 8.42 Å². The van der Waals surface area contributed by atoms with Crippen LogP contribution in [-0.4, -0.2) is 67.5 Å². The number of anilines is 1. The Kier molecular flexibility index (Phi) is 5.01. The Bertz CT molecular complexity index is 877. The smallest absolute Gasteiger partial charge is 0.265 e. The summed E-state index contributed by atoms with van der Waals surface area (Å²) in [5.74, 6) is -0.0333. The van der Waals surface area contributed by atoms with Crippen LogP contribution < -0.4 is 4.72 Å². The molecule has 1 amide bonds. The first-order valence-corrected chi connectivity index (χ1v) is 9.88. The topological polar surface area (TPSA) is 98.4 Å². The van der Waals surface area contributed by atoms with E-state index in [0.717, 1.165) is 13.1 Å². The number of amides is 1. The van der Waals surface area contributed by atoms with Crippen LogP contribution in [0.4, 0.5) is 5.69 Å². The Labute approximate surface area is 153 Å². The molecule has 0 unspecified atom stereocenters. The van der Waals surface area contributed by atoms with E-state index in [2.05, 4.69) is 19.8 Å². The fraction of sp³-hybridized carbons (Fsp3) is 0.412. The van der Waals surface area contributed by atoms with E-state index in [1.807, 2.05) is 11.9 Å². The third-order valence-electron chi connectivity index (χ3n) is 4.50. The van der Waals surface area contributed by atoms with Crippen LogP contribution in [0.3, 0.4) is 0 Å². The molecule has 2 N–H and O–H groups in total. The Morgan fingerprint density at radius 1 is 1.12 bits per heavy atom. The molecule has 0 bridgehead atoms. The standard InChI is InChI=1S/C17H23N5O3S/c1-12-16(13(2)19-18-12)26(24,25)20-15-6-4-14(5-7-15)17(23)22-10-8-21(3)9-11-22/h4-7,20H,8-11H2,1-3H3,(H,18,19). The van der Waals surface area contributed by atoms with E-state index >= 15 is 0 Å². The van der Waals surface area contributed by atoms with Gasteiger partial charge in [-0.2, -0.15) is 5.10 Å². The van der Waals surface area contributed by atoms with Crippen LogP contribution in [0.2, 0.25) is 0 Å². The number of aromatic nitrogens is 2. The Morgan fingerprint density at radius 3 is 2.27 bits per heavy atom. The van der Waals surface area contributed by atoms with Gasteiger partial charge in [0.1, 0.15) is 4.90 Å². The van der Waals surface area contributed by atoms with E-state index in [4.69, 9.17) is 0 Å². The summed E-state index contributed by atoms with van der Waals surface area (Å²) >= 11 is 0. The van der Waals surface area contributed by atoms with Crippen LogP contribution in [0.15, 0.2) is 29.2 Å². The maximum atomic E-state index is 12.6. The van der Waals surface area contributed by atoms with Crippen LogP contribution >= 0.6 is 0 Å². The number of nitrogens with one attached hydrogen (secondary N) is 2. The highest BCUT2D eigenvalue weighted by Gasteiger charge is 2.23. The molecule has 0 saturated carbocycles.